The monoisotopic (exact) mass is 479 g/mol. The van der Waals surface area contributed by atoms with Crippen molar-refractivity contribution < 1.29 is 9.53 Å². The van der Waals surface area contributed by atoms with Crippen LogP contribution in [-0.2, 0) is 11.3 Å². The Kier molecular flexibility index (Phi) is 7.01. The van der Waals surface area contributed by atoms with Crippen molar-refractivity contribution in [1.82, 2.24) is 14.9 Å². The number of nitrogens with zero attached hydrogens (tertiary/aromatic N) is 2. The molecule has 1 aromatic heterocycles. The molecule has 0 aliphatic rings. The number of halogens is 1. The van der Waals surface area contributed by atoms with Crippen LogP contribution in [0.5, 0.6) is 5.75 Å². The zero-order valence-electron chi connectivity index (χ0n) is 18.2. The molecule has 0 bridgehead atoms. The first kappa shape index (κ1) is 22.9. The van der Waals surface area contributed by atoms with Crippen LogP contribution in [0.4, 0.5) is 0 Å². The van der Waals surface area contributed by atoms with E-state index in [9.17, 15) is 9.59 Å². The van der Waals surface area contributed by atoms with Gasteiger partial charge in [-0.2, -0.15) is 0 Å². The molecule has 33 heavy (non-hydrogen) atoms. The van der Waals surface area contributed by atoms with Gasteiger partial charge in [0, 0.05) is 11.6 Å². The zero-order chi connectivity index (χ0) is 23.4. The first-order valence-electron chi connectivity index (χ1n) is 10.3. The number of nitrogens with one attached hydrogen (secondary N) is 1. The first-order valence-corrected chi connectivity index (χ1v) is 11.6. The fourth-order valence-electron chi connectivity index (χ4n) is 3.39. The van der Waals surface area contributed by atoms with Crippen molar-refractivity contribution in [3.8, 4) is 11.4 Å². The number of ether oxygens (including phenoxy) is 1. The number of fused-ring (bicyclic) bond motifs is 1. The fourth-order valence-corrected chi connectivity index (χ4v) is 4.39. The topological polar surface area (TPSA) is 73.2 Å². The van der Waals surface area contributed by atoms with Crippen LogP contribution >= 0.6 is 23.4 Å². The number of amides is 1. The molecule has 0 aliphatic heterocycles. The quantitative estimate of drug-likeness (QED) is 0.305. The summed E-state index contributed by atoms with van der Waals surface area (Å²) >= 11 is 7.34. The summed E-state index contributed by atoms with van der Waals surface area (Å²) in [4.78, 5) is 30.6. The van der Waals surface area contributed by atoms with Crippen LogP contribution < -0.4 is 15.6 Å². The first-order chi connectivity index (χ1) is 16.0. The second kappa shape index (κ2) is 10.1. The predicted octanol–water partition coefficient (Wildman–Crippen LogP) is 4.76. The normalized spacial score (nSPS) is 10.9. The highest BCUT2D eigenvalue weighted by molar-refractivity contribution is 7.99. The number of thioether (sulfide) groups is 1. The molecule has 0 saturated carbocycles. The van der Waals surface area contributed by atoms with E-state index in [0.29, 0.717) is 27.6 Å². The third kappa shape index (κ3) is 5.21. The van der Waals surface area contributed by atoms with E-state index < -0.39 is 0 Å². The van der Waals surface area contributed by atoms with Gasteiger partial charge in [0.2, 0.25) is 5.91 Å². The lowest BCUT2D eigenvalue weighted by Crippen LogP contribution is -2.26. The average Bonchev–Trinajstić information content (AvgIpc) is 2.82. The number of carbonyl (C=O) groups is 1. The largest absolute Gasteiger partial charge is 0.497 e. The highest BCUT2D eigenvalue weighted by atomic mass is 35.5. The summed E-state index contributed by atoms with van der Waals surface area (Å²) in [5.41, 5.74) is 2.92. The summed E-state index contributed by atoms with van der Waals surface area (Å²) in [6.45, 7) is 2.33. The highest BCUT2D eigenvalue weighted by Crippen LogP contribution is 2.24. The van der Waals surface area contributed by atoms with E-state index in [2.05, 4.69) is 10.3 Å². The van der Waals surface area contributed by atoms with Gasteiger partial charge in [0.25, 0.3) is 5.56 Å². The second-order valence-electron chi connectivity index (χ2n) is 7.40. The SMILES string of the molecule is COc1ccc(CNC(=O)CSc2nc3cc(Cl)ccc3c(=O)n2-c2ccccc2C)cc1. The smallest absolute Gasteiger partial charge is 0.266 e. The van der Waals surface area contributed by atoms with Crippen LogP contribution in [-0.4, -0.2) is 28.3 Å². The Labute approximate surface area is 200 Å². The number of benzene rings is 3. The molecule has 4 rings (SSSR count). The van der Waals surface area contributed by atoms with Crippen molar-refractivity contribution in [2.45, 2.75) is 18.6 Å². The van der Waals surface area contributed by atoms with Gasteiger partial charge in [0.1, 0.15) is 5.75 Å². The molecule has 1 heterocycles. The molecule has 4 aromatic rings. The Hall–Kier alpha value is -3.29. The number of methoxy groups -OCH3 is 1. The number of hydrogen-bond donors (Lipinski definition) is 1. The molecule has 0 saturated heterocycles. The van der Waals surface area contributed by atoms with E-state index in [0.717, 1.165) is 22.6 Å². The van der Waals surface area contributed by atoms with Crippen molar-refractivity contribution >= 4 is 40.2 Å². The molecule has 8 heteroatoms. The third-order valence-electron chi connectivity index (χ3n) is 5.14. The number of para-hydroxylation sites is 1. The standard InChI is InChI=1S/C25H22ClN3O3S/c1-16-5-3-4-6-22(16)29-24(31)20-12-9-18(26)13-21(20)28-25(29)33-15-23(30)27-14-17-7-10-19(32-2)11-8-17/h3-13H,14-15H2,1-2H3,(H,27,30). The maximum atomic E-state index is 13.4. The Bertz CT molecular complexity index is 1370. The maximum absolute atomic E-state index is 13.4. The number of aryl methyl sites for hydroxylation is 1. The van der Waals surface area contributed by atoms with Gasteiger partial charge in [-0.05, 0) is 54.4 Å². The van der Waals surface area contributed by atoms with Crippen LogP contribution in [0.3, 0.4) is 0 Å². The van der Waals surface area contributed by atoms with E-state index in [-0.39, 0.29) is 17.2 Å². The van der Waals surface area contributed by atoms with Crippen molar-refractivity contribution in [3.63, 3.8) is 0 Å². The van der Waals surface area contributed by atoms with E-state index in [4.69, 9.17) is 16.3 Å². The van der Waals surface area contributed by atoms with E-state index in [1.165, 1.54) is 11.8 Å². The molecule has 3 aromatic carbocycles. The minimum absolute atomic E-state index is 0.112. The summed E-state index contributed by atoms with van der Waals surface area (Å²) in [6, 6.07) is 20.1. The van der Waals surface area contributed by atoms with E-state index in [1.807, 2.05) is 55.5 Å². The van der Waals surface area contributed by atoms with Crippen LogP contribution in [0, 0.1) is 6.92 Å². The van der Waals surface area contributed by atoms with Gasteiger partial charge in [-0.1, -0.05) is 53.7 Å². The molecule has 0 unspecified atom stereocenters. The molecule has 0 aliphatic carbocycles. The van der Waals surface area contributed by atoms with Crippen molar-refractivity contribution in [2.24, 2.45) is 0 Å². The van der Waals surface area contributed by atoms with Gasteiger partial charge >= 0.3 is 0 Å². The summed E-state index contributed by atoms with van der Waals surface area (Å²) in [5.74, 6) is 0.713. The fraction of sp³-hybridized carbons (Fsp3) is 0.160. The molecule has 0 spiro atoms. The lowest BCUT2D eigenvalue weighted by molar-refractivity contribution is -0.118. The predicted molar refractivity (Wildman–Crippen MR) is 133 cm³/mol. The summed E-state index contributed by atoms with van der Waals surface area (Å²) < 4.78 is 6.71. The summed E-state index contributed by atoms with van der Waals surface area (Å²) in [6.07, 6.45) is 0. The van der Waals surface area contributed by atoms with Crippen molar-refractivity contribution in [3.05, 3.63) is 93.2 Å². The molecule has 1 amide bonds. The van der Waals surface area contributed by atoms with E-state index >= 15 is 0 Å². The van der Waals surface area contributed by atoms with Crippen LogP contribution in [0.1, 0.15) is 11.1 Å². The lowest BCUT2D eigenvalue weighted by Gasteiger charge is -2.15. The zero-order valence-corrected chi connectivity index (χ0v) is 19.7. The van der Waals surface area contributed by atoms with E-state index in [1.54, 1.807) is 29.9 Å². The van der Waals surface area contributed by atoms with Crippen LogP contribution in [0.15, 0.2) is 76.7 Å². The van der Waals surface area contributed by atoms with Gasteiger partial charge in [-0.25, -0.2) is 4.98 Å². The molecule has 0 fully saturated rings. The van der Waals surface area contributed by atoms with Crippen molar-refractivity contribution in [1.29, 1.82) is 0 Å². The Morgan fingerprint density at radius 1 is 1.12 bits per heavy atom. The molecular weight excluding hydrogens is 458 g/mol. The molecule has 168 valence electrons. The molecule has 6 nitrogen and oxygen atoms in total. The Morgan fingerprint density at radius 3 is 2.61 bits per heavy atom. The second-order valence-corrected chi connectivity index (χ2v) is 8.78. The van der Waals surface area contributed by atoms with Gasteiger partial charge in [0.15, 0.2) is 5.16 Å². The summed E-state index contributed by atoms with van der Waals surface area (Å²) in [7, 11) is 1.61. The van der Waals surface area contributed by atoms with Crippen LogP contribution in [0.2, 0.25) is 5.02 Å². The number of carbonyl (C=O) groups excluding carboxylic acids is 1. The minimum atomic E-state index is -0.202. The Balaban J connectivity index is 1.59. The highest BCUT2D eigenvalue weighted by Gasteiger charge is 2.16. The molecule has 0 radical (unpaired) electrons. The van der Waals surface area contributed by atoms with Gasteiger partial charge in [0.05, 0.1) is 29.5 Å². The van der Waals surface area contributed by atoms with Gasteiger partial charge in [-0.15, -0.1) is 0 Å². The van der Waals surface area contributed by atoms with Crippen molar-refractivity contribution in [2.75, 3.05) is 12.9 Å². The van der Waals surface area contributed by atoms with Crippen LogP contribution in [0.25, 0.3) is 16.6 Å². The molecule has 1 N–H and O–H groups in total. The Morgan fingerprint density at radius 2 is 1.88 bits per heavy atom. The average molecular weight is 480 g/mol. The molecular formula is C25H22ClN3O3S. The number of rotatable bonds is 7. The number of hydrogen-bond acceptors (Lipinski definition) is 5. The lowest BCUT2D eigenvalue weighted by atomic mass is 10.2. The maximum Gasteiger partial charge on any atom is 0.266 e. The van der Waals surface area contributed by atoms with Gasteiger partial charge in [-0.3, -0.25) is 14.2 Å². The van der Waals surface area contributed by atoms with Gasteiger partial charge < -0.3 is 10.1 Å². The third-order valence-corrected chi connectivity index (χ3v) is 6.31. The summed E-state index contributed by atoms with van der Waals surface area (Å²) in [5, 5.41) is 4.30. The number of aromatic nitrogens is 2. The molecule has 0 atom stereocenters. The minimum Gasteiger partial charge on any atom is -0.497 e.